The first-order valence-corrected chi connectivity index (χ1v) is 5.70. The Morgan fingerprint density at radius 2 is 2.24 bits per heavy atom. The molecule has 0 aromatic heterocycles. The highest BCUT2D eigenvalue weighted by Gasteiger charge is 2.26. The van der Waals surface area contributed by atoms with Crippen LogP contribution in [-0.4, -0.2) is 12.1 Å². The molecule has 2 nitrogen and oxygen atoms in total. The third-order valence-corrected chi connectivity index (χ3v) is 2.71. The Labute approximate surface area is 102 Å². The van der Waals surface area contributed by atoms with Crippen LogP contribution in [0.5, 0.6) is 0 Å². The highest BCUT2D eigenvalue weighted by Crippen LogP contribution is 2.27. The van der Waals surface area contributed by atoms with E-state index >= 15 is 0 Å². The number of aryl methyl sites for hydroxylation is 1. The minimum atomic E-state index is -0.234. The number of carbonyl (C=O) groups is 1. The van der Waals surface area contributed by atoms with E-state index in [0.29, 0.717) is 12.0 Å². The van der Waals surface area contributed by atoms with Crippen molar-refractivity contribution in [1.82, 2.24) is 0 Å². The van der Waals surface area contributed by atoms with Gasteiger partial charge in [0.2, 0.25) is 0 Å². The second-order valence-corrected chi connectivity index (χ2v) is 4.55. The summed E-state index contributed by atoms with van der Waals surface area (Å²) in [5, 5.41) is 0. The topological polar surface area (TPSA) is 26.3 Å². The van der Waals surface area contributed by atoms with Crippen molar-refractivity contribution in [1.29, 1.82) is 0 Å². The van der Waals surface area contributed by atoms with E-state index < -0.39 is 0 Å². The van der Waals surface area contributed by atoms with Gasteiger partial charge in [-0.25, -0.2) is 4.79 Å². The molecule has 2 heteroatoms. The largest absolute Gasteiger partial charge is 0.454 e. The van der Waals surface area contributed by atoms with Gasteiger partial charge < -0.3 is 4.74 Å². The maximum atomic E-state index is 11.8. The molecule has 0 saturated heterocycles. The molecule has 0 aliphatic carbocycles. The van der Waals surface area contributed by atoms with Crippen LogP contribution in [0.15, 0.2) is 42.5 Å². The van der Waals surface area contributed by atoms with Gasteiger partial charge >= 0.3 is 5.97 Å². The summed E-state index contributed by atoms with van der Waals surface area (Å²) in [5.41, 5.74) is 3.75. The zero-order valence-electron chi connectivity index (χ0n) is 10.2. The van der Waals surface area contributed by atoms with Gasteiger partial charge in [0.05, 0.1) is 5.57 Å². The van der Waals surface area contributed by atoms with Crippen LogP contribution in [0.2, 0.25) is 0 Å². The summed E-state index contributed by atoms with van der Waals surface area (Å²) in [6.45, 7) is 7.78. The highest BCUT2D eigenvalue weighted by molar-refractivity contribution is 6.18. The van der Waals surface area contributed by atoms with Crippen LogP contribution in [0.25, 0.3) is 5.57 Å². The van der Waals surface area contributed by atoms with Crippen LogP contribution >= 0.6 is 0 Å². The number of ether oxygens (including phenoxy) is 1. The smallest absolute Gasteiger partial charge is 0.339 e. The van der Waals surface area contributed by atoms with Gasteiger partial charge in [-0.1, -0.05) is 42.0 Å². The van der Waals surface area contributed by atoms with Crippen LogP contribution in [0.1, 0.15) is 24.5 Å². The first kappa shape index (κ1) is 11.6. The van der Waals surface area contributed by atoms with Crippen molar-refractivity contribution in [2.24, 2.45) is 0 Å². The predicted molar refractivity (Wildman–Crippen MR) is 68.5 cm³/mol. The highest BCUT2D eigenvalue weighted by atomic mass is 16.5. The maximum Gasteiger partial charge on any atom is 0.339 e. The lowest BCUT2D eigenvalue weighted by atomic mass is 10.0. The summed E-state index contributed by atoms with van der Waals surface area (Å²) in [6, 6.07) is 7.89. The first-order valence-electron chi connectivity index (χ1n) is 5.70. The molecule has 1 heterocycles. The van der Waals surface area contributed by atoms with Gasteiger partial charge in [-0.3, -0.25) is 0 Å². The molecule has 0 bridgehead atoms. The lowest BCUT2D eigenvalue weighted by Crippen LogP contribution is -2.08. The molecule has 0 spiro atoms. The number of hydrogen-bond acceptors (Lipinski definition) is 2. The number of esters is 1. The van der Waals surface area contributed by atoms with Gasteiger partial charge in [-0.05, 0) is 25.5 Å². The maximum absolute atomic E-state index is 11.8. The summed E-state index contributed by atoms with van der Waals surface area (Å²) in [5.74, 6) is -0.234. The van der Waals surface area contributed by atoms with Gasteiger partial charge in [0.25, 0.3) is 0 Å². The summed E-state index contributed by atoms with van der Waals surface area (Å²) in [7, 11) is 0. The molecule has 0 radical (unpaired) electrons. The van der Waals surface area contributed by atoms with Crippen molar-refractivity contribution in [3.05, 3.63) is 53.6 Å². The SMILES string of the molecule is C=C(C)C[C@@H]1C=C(c2cccc(C)c2)C(=O)O1. The standard InChI is InChI=1S/C15H16O2/c1-10(2)7-13-9-14(15(16)17-13)12-6-4-5-11(3)8-12/h4-6,8-9,13H,1,7H2,2-3H3/t13-/m1/s1. The molecule has 0 unspecified atom stereocenters. The predicted octanol–water partition coefficient (Wildman–Crippen LogP) is 3.27. The van der Waals surface area contributed by atoms with Crippen LogP contribution in [0, 0.1) is 6.92 Å². The second-order valence-electron chi connectivity index (χ2n) is 4.55. The molecular weight excluding hydrogens is 212 g/mol. The number of cyclic esters (lactones) is 1. The Hall–Kier alpha value is -1.83. The van der Waals surface area contributed by atoms with Gasteiger partial charge in [0.15, 0.2) is 0 Å². The van der Waals surface area contributed by atoms with Gasteiger partial charge in [0.1, 0.15) is 6.10 Å². The molecule has 0 amide bonds. The molecule has 88 valence electrons. The summed E-state index contributed by atoms with van der Waals surface area (Å²) in [6.07, 6.45) is 2.43. The summed E-state index contributed by atoms with van der Waals surface area (Å²) in [4.78, 5) is 11.8. The molecule has 0 saturated carbocycles. The Kier molecular flexibility index (Phi) is 3.14. The Morgan fingerprint density at radius 1 is 1.47 bits per heavy atom. The summed E-state index contributed by atoms with van der Waals surface area (Å²) < 4.78 is 5.29. The van der Waals surface area contributed by atoms with Crippen LogP contribution in [0.3, 0.4) is 0 Å². The van der Waals surface area contributed by atoms with Crippen molar-refractivity contribution in [3.8, 4) is 0 Å². The molecular formula is C15H16O2. The number of rotatable bonds is 3. The molecule has 2 rings (SSSR count). The molecule has 1 atom stereocenters. The quantitative estimate of drug-likeness (QED) is 0.586. The zero-order chi connectivity index (χ0) is 12.4. The van der Waals surface area contributed by atoms with Crippen LogP contribution in [0.4, 0.5) is 0 Å². The van der Waals surface area contributed by atoms with Crippen molar-refractivity contribution in [2.45, 2.75) is 26.4 Å². The molecule has 1 aliphatic rings. The van der Waals surface area contributed by atoms with E-state index in [2.05, 4.69) is 6.58 Å². The fourth-order valence-electron chi connectivity index (χ4n) is 1.96. The molecule has 0 N–H and O–H groups in total. The van der Waals surface area contributed by atoms with E-state index in [9.17, 15) is 4.79 Å². The zero-order valence-corrected chi connectivity index (χ0v) is 10.2. The molecule has 17 heavy (non-hydrogen) atoms. The summed E-state index contributed by atoms with van der Waals surface area (Å²) >= 11 is 0. The van der Waals surface area contributed by atoms with E-state index in [1.807, 2.05) is 44.2 Å². The number of benzene rings is 1. The average Bonchev–Trinajstić information content (AvgIpc) is 2.58. The third kappa shape index (κ3) is 2.64. The average molecular weight is 228 g/mol. The first-order chi connectivity index (χ1) is 8.06. The Balaban J connectivity index is 2.26. The third-order valence-electron chi connectivity index (χ3n) is 2.71. The Bertz CT molecular complexity index is 497. The van der Waals surface area contributed by atoms with Gasteiger partial charge in [-0.2, -0.15) is 0 Å². The van der Waals surface area contributed by atoms with Crippen molar-refractivity contribution in [3.63, 3.8) is 0 Å². The van der Waals surface area contributed by atoms with Crippen molar-refractivity contribution in [2.75, 3.05) is 0 Å². The monoisotopic (exact) mass is 228 g/mol. The van der Waals surface area contributed by atoms with E-state index in [4.69, 9.17) is 4.74 Å². The minimum absolute atomic E-state index is 0.157. The normalized spacial score (nSPS) is 18.8. The van der Waals surface area contributed by atoms with E-state index in [-0.39, 0.29) is 12.1 Å². The van der Waals surface area contributed by atoms with Crippen LogP contribution in [-0.2, 0) is 9.53 Å². The molecule has 1 aliphatic heterocycles. The van der Waals surface area contributed by atoms with Gasteiger partial charge in [-0.15, -0.1) is 0 Å². The van der Waals surface area contributed by atoms with E-state index in [0.717, 1.165) is 16.7 Å². The molecule has 0 fully saturated rings. The van der Waals surface area contributed by atoms with Crippen LogP contribution < -0.4 is 0 Å². The lowest BCUT2D eigenvalue weighted by Gasteiger charge is -2.06. The Morgan fingerprint density at radius 3 is 2.88 bits per heavy atom. The molecule has 1 aromatic carbocycles. The van der Waals surface area contributed by atoms with E-state index in [1.165, 1.54) is 0 Å². The number of carbonyl (C=O) groups excluding carboxylic acids is 1. The lowest BCUT2D eigenvalue weighted by molar-refractivity contribution is -0.137. The fourth-order valence-corrected chi connectivity index (χ4v) is 1.96. The van der Waals surface area contributed by atoms with Gasteiger partial charge in [0, 0.05) is 6.42 Å². The van der Waals surface area contributed by atoms with Crippen molar-refractivity contribution >= 4 is 11.5 Å². The fraction of sp³-hybridized carbons (Fsp3) is 0.267. The molecule has 1 aromatic rings. The number of hydrogen-bond donors (Lipinski definition) is 0. The minimum Gasteiger partial charge on any atom is -0.454 e. The van der Waals surface area contributed by atoms with Crippen molar-refractivity contribution < 1.29 is 9.53 Å². The van der Waals surface area contributed by atoms with E-state index in [1.54, 1.807) is 0 Å². The second kappa shape index (κ2) is 4.58.